The highest BCUT2D eigenvalue weighted by atomic mass is 79.9. The highest BCUT2D eigenvalue weighted by Gasteiger charge is 2.29. The fraction of sp³-hybridized carbons (Fsp3) is 0.429. The Kier molecular flexibility index (Phi) is 7.97. The summed E-state index contributed by atoms with van der Waals surface area (Å²) in [6.45, 7) is -0.436. The molecule has 0 spiro atoms. The molecule has 3 rings (SSSR count). The molecule has 2 aromatic rings. The predicted molar refractivity (Wildman–Crippen MR) is 125 cm³/mol. The summed E-state index contributed by atoms with van der Waals surface area (Å²) in [6, 6.07) is 7.22. The van der Waals surface area contributed by atoms with Crippen molar-refractivity contribution < 1.29 is 33.0 Å². The number of rotatable bonds is 9. The second kappa shape index (κ2) is 10.3. The maximum atomic E-state index is 12.5. The van der Waals surface area contributed by atoms with Crippen molar-refractivity contribution in [2.45, 2.75) is 44.7 Å². The first-order valence-electron chi connectivity index (χ1n) is 10.0. The second-order valence-electron chi connectivity index (χ2n) is 7.69. The van der Waals surface area contributed by atoms with Crippen LogP contribution in [0.5, 0.6) is 5.75 Å². The van der Waals surface area contributed by atoms with E-state index < -0.39 is 28.6 Å². The number of carboxylic acids is 2. The Hall–Kier alpha value is -1.95. The van der Waals surface area contributed by atoms with Crippen molar-refractivity contribution in [1.82, 2.24) is 4.31 Å². The van der Waals surface area contributed by atoms with Crippen molar-refractivity contribution in [2.75, 3.05) is 12.9 Å². The average molecular weight is 546 g/mol. The van der Waals surface area contributed by atoms with Crippen LogP contribution >= 0.6 is 27.3 Å². The van der Waals surface area contributed by atoms with E-state index in [9.17, 15) is 23.1 Å². The number of ether oxygens (including phenoxy) is 1. The molecule has 1 heterocycles. The molecule has 1 aromatic heterocycles. The number of thiophene rings is 1. The van der Waals surface area contributed by atoms with Crippen LogP contribution in [-0.2, 0) is 21.4 Å². The first kappa shape index (κ1) is 24.7. The number of hydrogen-bond donors (Lipinski definition) is 2. The minimum atomic E-state index is -3.40. The van der Waals surface area contributed by atoms with Crippen LogP contribution < -0.4 is 4.74 Å². The molecule has 0 amide bonds. The van der Waals surface area contributed by atoms with Gasteiger partial charge in [0.1, 0.15) is 0 Å². The van der Waals surface area contributed by atoms with E-state index in [1.165, 1.54) is 6.26 Å². The maximum Gasteiger partial charge on any atom is 0.349 e. The minimum Gasteiger partial charge on any atom is -0.479 e. The minimum absolute atomic E-state index is 0.0227. The van der Waals surface area contributed by atoms with Crippen molar-refractivity contribution in [2.24, 2.45) is 0 Å². The van der Waals surface area contributed by atoms with E-state index in [-0.39, 0.29) is 23.2 Å². The molecule has 11 heteroatoms. The Labute approximate surface area is 199 Å². The van der Waals surface area contributed by atoms with Crippen molar-refractivity contribution >= 4 is 49.2 Å². The lowest BCUT2D eigenvalue weighted by Crippen LogP contribution is -2.40. The number of carbonyl (C=O) groups is 2. The van der Waals surface area contributed by atoms with Gasteiger partial charge in [0, 0.05) is 12.6 Å². The molecule has 0 radical (unpaired) electrons. The van der Waals surface area contributed by atoms with Gasteiger partial charge in [-0.15, -0.1) is 11.3 Å². The summed E-state index contributed by atoms with van der Waals surface area (Å²) in [6.07, 6.45) is 6.05. The molecule has 0 atom stereocenters. The average Bonchev–Trinajstić information content (AvgIpc) is 3.07. The summed E-state index contributed by atoms with van der Waals surface area (Å²) >= 11 is 4.31. The van der Waals surface area contributed by atoms with Gasteiger partial charge in [-0.25, -0.2) is 18.0 Å². The molecule has 0 unspecified atom stereocenters. The van der Waals surface area contributed by atoms with Crippen LogP contribution in [0.2, 0.25) is 0 Å². The summed E-state index contributed by atoms with van der Waals surface area (Å²) in [5, 5.41) is 18.4. The van der Waals surface area contributed by atoms with Crippen molar-refractivity contribution in [3.63, 3.8) is 0 Å². The fourth-order valence-electron chi connectivity index (χ4n) is 3.86. The number of hydrogen-bond acceptors (Lipinski definition) is 6. The number of benzene rings is 1. The zero-order valence-corrected chi connectivity index (χ0v) is 20.6. The predicted octanol–water partition coefficient (Wildman–Crippen LogP) is 4.43. The van der Waals surface area contributed by atoms with E-state index in [0.717, 1.165) is 49.0 Å². The van der Waals surface area contributed by atoms with E-state index in [0.29, 0.717) is 14.9 Å². The number of nitrogens with zero attached hydrogens (tertiary/aromatic N) is 1. The van der Waals surface area contributed by atoms with Gasteiger partial charge >= 0.3 is 11.9 Å². The molecule has 174 valence electrons. The Morgan fingerprint density at radius 3 is 2.50 bits per heavy atom. The number of aliphatic carboxylic acids is 1. The summed E-state index contributed by atoms with van der Waals surface area (Å²) in [4.78, 5) is 23.0. The lowest BCUT2D eigenvalue weighted by Gasteiger charge is -2.32. The summed E-state index contributed by atoms with van der Waals surface area (Å²) < 4.78 is 32.1. The lowest BCUT2D eigenvalue weighted by atomic mass is 9.95. The van der Waals surface area contributed by atoms with Gasteiger partial charge in [-0.05, 0) is 46.0 Å². The highest BCUT2D eigenvalue weighted by Crippen LogP contribution is 2.45. The van der Waals surface area contributed by atoms with E-state index in [2.05, 4.69) is 15.9 Å². The van der Waals surface area contributed by atoms with Gasteiger partial charge in [0.05, 0.1) is 15.6 Å². The van der Waals surface area contributed by atoms with E-state index >= 15 is 0 Å². The van der Waals surface area contributed by atoms with E-state index in [4.69, 9.17) is 9.84 Å². The molecule has 8 nitrogen and oxygen atoms in total. The van der Waals surface area contributed by atoms with Crippen LogP contribution in [0.3, 0.4) is 0 Å². The Morgan fingerprint density at radius 1 is 1.22 bits per heavy atom. The standard InChI is InChI=1S/C21H24BrNO7S2/c1-32(28,29)23(15-8-3-2-4-9-15)11-13-6-5-7-14(10-13)19-17(22)18(30-12-16(24)25)20(31-19)21(26)27/h5-7,10,15H,2-4,8-9,11-12H2,1H3,(H,24,25)(H,26,27). The van der Waals surface area contributed by atoms with Crippen LogP contribution in [0.4, 0.5) is 0 Å². The van der Waals surface area contributed by atoms with E-state index in [1.54, 1.807) is 16.4 Å². The fourth-order valence-corrected chi connectivity index (χ4v) is 6.89. The smallest absolute Gasteiger partial charge is 0.349 e. The molecule has 0 saturated heterocycles. The van der Waals surface area contributed by atoms with Gasteiger partial charge in [-0.3, -0.25) is 0 Å². The Bertz CT molecular complexity index is 1110. The van der Waals surface area contributed by atoms with Crippen LogP contribution in [0.1, 0.15) is 47.3 Å². The molecule has 1 aliphatic carbocycles. The van der Waals surface area contributed by atoms with Crippen LogP contribution in [0, 0.1) is 0 Å². The summed E-state index contributed by atoms with van der Waals surface area (Å²) in [7, 11) is -3.40. The molecular formula is C21H24BrNO7S2. The first-order valence-corrected chi connectivity index (χ1v) is 13.5. The second-order valence-corrected chi connectivity index (χ2v) is 11.4. The molecule has 32 heavy (non-hydrogen) atoms. The molecule has 0 aliphatic heterocycles. The number of aromatic carboxylic acids is 1. The summed E-state index contributed by atoms with van der Waals surface area (Å²) in [5.41, 5.74) is 1.47. The van der Waals surface area contributed by atoms with Crippen LogP contribution in [0.15, 0.2) is 28.7 Å². The molecule has 1 aromatic carbocycles. The number of carboxylic acid groups (broad SMARTS) is 2. The first-order chi connectivity index (χ1) is 15.1. The summed E-state index contributed by atoms with van der Waals surface area (Å²) in [5.74, 6) is -2.48. The van der Waals surface area contributed by atoms with Crippen LogP contribution in [0.25, 0.3) is 10.4 Å². The number of sulfonamides is 1. The molecule has 1 fully saturated rings. The van der Waals surface area contributed by atoms with Gasteiger partial charge in [0.2, 0.25) is 10.0 Å². The molecule has 1 saturated carbocycles. The Morgan fingerprint density at radius 2 is 1.91 bits per heavy atom. The van der Waals surface area contributed by atoms with Gasteiger partial charge in [-0.1, -0.05) is 37.5 Å². The van der Waals surface area contributed by atoms with Crippen molar-refractivity contribution in [1.29, 1.82) is 0 Å². The lowest BCUT2D eigenvalue weighted by molar-refractivity contribution is -0.139. The highest BCUT2D eigenvalue weighted by molar-refractivity contribution is 9.10. The van der Waals surface area contributed by atoms with Crippen molar-refractivity contribution in [3.05, 3.63) is 39.2 Å². The largest absolute Gasteiger partial charge is 0.479 e. The van der Waals surface area contributed by atoms with Gasteiger partial charge in [-0.2, -0.15) is 4.31 Å². The van der Waals surface area contributed by atoms with E-state index in [1.807, 2.05) is 12.1 Å². The quantitative estimate of drug-likeness (QED) is 0.477. The van der Waals surface area contributed by atoms with Gasteiger partial charge in [0.15, 0.2) is 17.2 Å². The molecule has 0 bridgehead atoms. The third-order valence-corrected chi connectivity index (χ3v) is 8.79. The topological polar surface area (TPSA) is 121 Å². The zero-order chi connectivity index (χ0) is 23.5. The normalized spacial score (nSPS) is 15.1. The SMILES string of the molecule is CS(=O)(=O)N(Cc1cccc(-c2sc(C(=O)O)c(OCC(=O)O)c2Br)c1)C1CCCCC1. The van der Waals surface area contributed by atoms with Crippen molar-refractivity contribution in [3.8, 4) is 16.2 Å². The van der Waals surface area contributed by atoms with Gasteiger partial charge in [0.25, 0.3) is 0 Å². The van der Waals surface area contributed by atoms with Crippen LogP contribution in [-0.4, -0.2) is 53.8 Å². The molecular weight excluding hydrogens is 522 g/mol. The van der Waals surface area contributed by atoms with Gasteiger partial charge < -0.3 is 14.9 Å². The third kappa shape index (κ3) is 5.89. The third-order valence-electron chi connectivity index (χ3n) is 5.28. The zero-order valence-electron chi connectivity index (χ0n) is 17.4. The molecule has 2 N–H and O–H groups in total. The Balaban J connectivity index is 1.94. The molecule has 1 aliphatic rings. The monoisotopic (exact) mass is 545 g/mol. The number of halogens is 1. The maximum absolute atomic E-state index is 12.5.